The first-order valence-electron chi connectivity index (χ1n) is 11.4. The molecule has 1 unspecified atom stereocenters. The standard InChI is InChI=1S/C24H29F2N5O.CHN/c1-15(2)22(26)21(17(4)25)24(32)30-12-6-5-9-19(30)18-13-20-27-23(29-10-7-8-11-29)16(3)14-31(20)28-18;1-2/h13-14,19H,1,4-12H2,2-3H3;1H/b22-21-;. The SMILES string of the molecule is C#N.C=C(C)/C(F)=C(\C(=C)F)C(=O)N1CCCCC1c1cc2nc(N3CCCC3)c(C)cn2n1. The summed E-state index contributed by atoms with van der Waals surface area (Å²) in [5.74, 6) is -1.82. The van der Waals surface area contributed by atoms with Gasteiger partial charge in [0, 0.05) is 44.0 Å². The van der Waals surface area contributed by atoms with Crippen LogP contribution in [0.25, 0.3) is 5.65 Å². The van der Waals surface area contributed by atoms with Crippen LogP contribution in [0.3, 0.4) is 0 Å². The Balaban J connectivity index is 0.00000158. The van der Waals surface area contributed by atoms with Crippen LogP contribution in [0.2, 0.25) is 0 Å². The van der Waals surface area contributed by atoms with E-state index < -0.39 is 23.1 Å². The minimum absolute atomic E-state index is 0.0115. The largest absolute Gasteiger partial charge is 0.356 e. The van der Waals surface area contributed by atoms with E-state index in [1.165, 1.54) is 11.8 Å². The number of amides is 1. The van der Waals surface area contributed by atoms with E-state index in [0.29, 0.717) is 24.3 Å². The van der Waals surface area contributed by atoms with Gasteiger partial charge in [-0.05, 0) is 51.5 Å². The highest BCUT2D eigenvalue weighted by atomic mass is 19.1. The van der Waals surface area contributed by atoms with Gasteiger partial charge in [-0.1, -0.05) is 13.2 Å². The lowest BCUT2D eigenvalue weighted by atomic mass is 9.97. The molecule has 9 heteroatoms. The van der Waals surface area contributed by atoms with Crippen LogP contribution < -0.4 is 4.90 Å². The molecule has 2 aromatic heterocycles. The zero-order valence-corrected chi connectivity index (χ0v) is 19.7. The van der Waals surface area contributed by atoms with Crippen molar-refractivity contribution < 1.29 is 13.6 Å². The number of rotatable bonds is 5. The van der Waals surface area contributed by atoms with Gasteiger partial charge in [0.2, 0.25) is 0 Å². The molecule has 1 amide bonds. The summed E-state index contributed by atoms with van der Waals surface area (Å²) < 4.78 is 30.4. The monoisotopic (exact) mass is 468 g/mol. The van der Waals surface area contributed by atoms with Crippen molar-refractivity contribution in [2.75, 3.05) is 24.5 Å². The Morgan fingerprint density at radius 1 is 1.15 bits per heavy atom. The zero-order chi connectivity index (χ0) is 25.0. The Morgan fingerprint density at radius 2 is 1.79 bits per heavy atom. The van der Waals surface area contributed by atoms with Crippen molar-refractivity contribution in [1.29, 1.82) is 5.26 Å². The summed E-state index contributed by atoms with van der Waals surface area (Å²) in [4.78, 5) is 21.8. The van der Waals surface area contributed by atoms with E-state index in [1.54, 1.807) is 4.52 Å². The Kier molecular flexibility index (Phi) is 7.82. The minimum Gasteiger partial charge on any atom is -0.356 e. The van der Waals surface area contributed by atoms with Crippen LogP contribution in [0.4, 0.5) is 14.6 Å². The fourth-order valence-corrected chi connectivity index (χ4v) is 4.60. The molecule has 2 aromatic rings. The summed E-state index contributed by atoms with van der Waals surface area (Å²) in [5, 5.41) is 11.2. The molecule has 2 aliphatic heterocycles. The predicted molar refractivity (Wildman–Crippen MR) is 127 cm³/mol. The number of allylic oxidation sites excluding steroid dienone is 2. The van der Waals surface area contributed by atoms with Gasteiger partial charge >= 0.3 is 0 Å². The number of carbonyl (C=O) groups is 1. The van der Waals surface area contributed by atoms with Gasteiger partial charge in [-0.2, -0.15) is 5.10 Å². The van der Waals surface area contributed by atoms with Crippen LogP contribution in [-0.2, 0) is 4.79 Å². The first-order valence-corrected chi connectivity index (χ1v) is 11.4. The number of nitriles is 1. The maximum atomic E-state index is 14.6. The summed E-state index contributed by atoms with van der Waals surface area (Å²) in [5.41, 5.74) is 1.74. The second-order valence-electron chi connectivity index (χ2n) is 8.70. The molecule has 7 nitrogen and oxygen atoms in total. The maximum absolute atomic E-state index is 14.6. The number of nitrogens with zero attached hydrogens (tertiary/aromatic N) is 6. The Labute approximate surface area is 198 Å². The quantitative estimate of drug-likeness (QED) is 0.450. The topological polar surface area (TPSA) is 77.5 Å². The molecule has 0 N–H and O–H groups in total. The lowest BCUT2D eigenvalue weighted by Crippen LogP contribution is -2.40. The molecular weight excluding hydrogens is 438 g/mol. The van der Waals surface area contributed by atoms with E-state index in [0.717, 1.165) is 50.2 Å². The second-order valence-corrected chi connectivity index (χ2v) is 8.70. The molecule has 2 aliphatic rings. The Bertz CT molecular complexity index is 1160. The van der Waals surface area contributed by atoms with Crippen LogP contribution in [0.1, 0.15) is 56.3 Å². The van der Waals surface area contributed by atoms with E-state index in [9.17, 15) is 13.6 Å². The van der Waals surface area contributed by atoms with Crippen molar-refractivity contribution in [2.45, 2.75) is 52.0 Å². The minimum atomic E-state index is -1.10. The van der Waals surface area contributed by atoms with Gasteiger partial charge in [0.25, 0.3) is 5.91 Å². The molecule has 0 aliphatic carbocycles. The predicted octanol–water partition coefficient (Wildman–Crippen LogP) is 5.11. The van der Waals surface area contributed by atoms with Gasteiger partial charge in [-0.3, -0.25) is 4.79 Å². The summed E-state index contributed by atoms with van der Waals surface area (Å²) in [6, 6.07) is 1.48. The molecule has 0 spiro atoms. The second kappa shape index (κ2) is 10.6. The fraction of sp³-hybridized carbons (Fsp3) is 0.440. The number of anilines is 1. The van der Waals surface area contributed by atoms with Crippen LogP contribution in [0.5, 0.6) is 0 Å². The number of aromatic nitrogens is 3. The zero-order valence-electron chi connectivity index (χ0n) is 19.7. The highest BCUT2D eigenvalue weighted by molar-refractivity contribution is 5.98. The average Bonchev–Trinajstić information content (AvgIpc) is 3.49. The van der Waals surface area contributed by atoms with E-state index in [-0.39, 0.29) is 11.6 Å². The third-order valence-electron chi connectivity index (χ3n) is 6.21. The third kappa shape index (κ3) is 4.86. The van der Waals surface area contributed by atoms with Crippen molar-refractivity contribution >= 4 is 17.4 Å². The molecule has 0 saturated carbocycles. The van der Waals surface area contributed by atoms with Crippen LogP contribution in [0, 0.1) is 18.8 Å². The van der Waals surface area contributed by atoms with E-state index in [1.807, 2.05) is 19.2 Å². The first kappa shape index (κ1) is 25.1. The molecule has 180 valence electrons. The van der Waals surface area contributed by atoms with Crippen LogP contribution in [0.15, 0.2) is 48.2 Å². The summed E-state index contributed by atoms with van der Waals surface area (Å²) in [6.45, 7) is 16.0. The van der Waals surface area contributed by atoms with Crippen molar-refractivity contribution in [2.24, 2.45) is 0 Å². The molecule has 0 aromatic carbocycles. The van der Waals surface area contributed by atoms with Crippen molar-refractivity contribution in [1.82, 2.24) is 19.5 Å². The molecule has 2 fully saturated rings. The molecule has 4 heterocycles. The van der Waals surface area contributed by atoms with Gasteiger partial charge in [-0.25, -0.2) is 23.5 Å². The van der Waals surface area contributed by atoms with Gasteiger partial charge in [0.15, 0.2) is 5.65 Å². The van der Waals surface area contributed by atoms with Gasteiger partial charge in [0.1, 0.15) is 23.0 Å². The van der Waals surface area contributed by atoms with Crippen molar-refractivity contribution in [3.05, 3.63) is 59.5 Å². The van der Waals surface area contributed by atoms with E-state index >= 15 is 0 Å². The molecule has 0 bridgehead atoms. The summed E-state index contributed by atoms with van der Waals surface area (Å²) in [7, 11) is 0. The number of piperidine rings is 1. The molecule has 2 saturated heterocycles. The molecule has 0 radical (unpaired) electrons. The number of halogens is 2. The number of aryl methyl sites for hydroxylation is 1. The Hall–Kier alpha value is -3.54. The smallest absolute Gasteiger partial charge is 0.260 e. The summed E-state index contributed by atoms with van der Waals surface area (Å²) >= 11 is 0. The third-order valence-corrected chi connectivity index (χ3v) is 6.21. The van der Waals surface area contributed by atoms with Crippen molar-refractivity contribution in [3.63, 3.8) is 0 Å². The molecule has 1 atom stereocenters. The van der Waals surface area contributed by atoms with Crippen LogP contribution in [-0.4, -0.2) is 45.0 Å². The number of hydrogen-bond donors (Lipinski definition) is 0. The molecular formula is C25H30F2N6O. The van der Waals surface area contributed by atoms with E-state index in [2.05, 4.69) is 29.7 Å². The maximum Gasteiger partial charge on any atom is 0.260 e. The normalized spacial score (nSPS) is 18.8. The molecule has 4 rings (SSSR count). The molecule has 34 heavy (non-hydrogen) atoms. The van der Waals surface area contributed by atoms with Gasteiger partial charge in [0.05, 0.1) is 11.7 Å². The van der Waals surface area contributed by atoms with E-state index in [4.69, 9.17) is 10.2 Å². The highest BCUT2D eigenvalue weighted by Crippen LogP contribution is 2.34. The van der Waals surface area contributed by atoms with Gasteiger partial charge < -0.3 is 9.80 Å². The average molecular weight is 469 g/mol. The highest BCUT2D eigenvalue weighted by Gasteiger charge is 2.34. The number of hydrogen-bond acceptors (Lipinski definition) is 5. The Morgan fingerprint density at radius 3 is 2.41 bits per heavy atom. The fourth-order valence-electron chi connectivity index (χ4n) is 4.60. The van der Waals surface area contributed by atoms with Crippen molar-refractivity contribution in [3.8, 4) is 6.57 Å². The number of carbonyl (C=O) groups excluding carboxylic acids is 1. The summed E-state index contributed by atoms with van der Waals surface area (Å²) in [6.07, 6.45) is 6.58. The van der Waals surface area contributed by atoms with Gasteiger partial charge in [-0.15, -0.1) is 0 Å². The lowest BCUT2D eigenvalue weighted by Gasteiger charge is -2.35. The lowest BCUT2D eigenvalue weighted by molar-refractivity contribution is -0.131. The number of fused-ring (bicyclic) bond motifs is 1. The first-order chi connectivity index (χ1) is 16.3. The van der Waals surface area contributed by atoms with Crippen LogP contribution >= 0.6 is 0 Å². The number of likely N-dealkylation sites (tertiary alicyclic amines) is 1.